The molecule has 23 heavy (non-hydrogen) atoms. The third-order valence-corrected chi connectivity index (χ3v) is 4.34. The Morgan fingerprint density at radius 3 is 2.52 bits per heavy atom. The van der Waals surface area contributed by atoms with Crippen molar-refractivity contribution in [1.82, 2.24) is 0 Å². The van der Waals surface area contributed by atoms with Crippen LogP contribution in [0.5, 0.6) is 0 Å². The normalized spacial score (nSPS) is 15.7. The highest BCUT2D eigenvalue weighted by molar-refractivity contribution is 7.92. The minimum absolute atomic E-state index is 0.340. The van der Waals surface area contributed by atoms with Crippen LogP contribution in [0, 0.1) is 0 Å². The molecule has 6 nitrogen and oxygen atoms in total. The number of amides is 1. The number of hydrogen-bond donors (Lipinski definition) is 3. The van der Waals surface area contributed by atoms with E-state index in [0.717, 1.165) is 24.8 Å². The number of carbonyl (C=O) groups is 1. The first-order chi connectivity index (χ1) is 10.9. The van der Waals surface area contributed by atoms with Gasteiger partial charge >= 0.3 is 0 Å². The maximum atomic E-state index is 11.6. The molecule has 0 saturated heterocycles. The predicted molar refractivity (Wildman–Crippen MR) is 94.2 cm³/mol. The van der Waals surface area contributed by atoms with Crippen LogP contribution >= 0.6 is 0 Å². The first-order valence-corrected chi connectivity index (χ1v) is 9.58. The number of rotatable bonds is 6. The minimum atomic E-state index is -3.37. The fourth-order valence-corrected chi connectivity index (χ4v) is 3.26. The van der Waals surface area contributed by atoms with E-state index < -0.39 is 10.0 Å². The first-order valence-electron chi connectivity index (χ1n) is 7.69. The van der Waals surface area contributed by atoms with E-state index in [0.29, 0.717) is 17.4 Å². The summed E-state index contributed by atoms with van der Waals surface area (Å²) >= 11 is 0. The highest BCUT2D eigenvalue weighted by Crippen LogP contribution is 2.29. The lowest BCUT2D eigenvalue weighted by atomic mass is 9.95. The van der Waals surface area contributed by atoms with Gasteiger partial charge in [-0.25, -0.2) is 8.42 Å². The summed E-state index contributed by atoms with van der Waals surface area (Å²) in [6.45, 7) is 3.44. The van der Waals surface area contributed by atoms with E-state index >= 15 is 0 Å². The first kappa shape index (κ1) is 17.3. The van der Waals surface area contributed by atoms with Gasteiger partial charge in [0.25, 0.3) is 0 Å². The number of nitrogens with one attached hydrogen (secondary N) is 3. The van der Waals surface area contributed by atoms with E-state index in [4.69, 9.17) is 0 Å². The molecule has 1 amide bonds. The van der Waals surface area contributed by atoms with Gasteiger partial charge in [0.05, 0.1) is 23.3 Å². The maximum Gasteiger partial charge on any atom is 0.247 e. The summed E-state index contributed by atoms with van der Waals surface area (Å²) in [6, 6.07) is 5.43. The summed E-state index contributed by atoms with van der Waals surface area (Å²) in [7, 11) is -3.37. The van der Waals surface area contributed by atoms with Crippen LogP contribution in [0.4, 0.5) is 17.1 Å². The smallest absolute Gasteiger partial charge is 0.247 e. The lowest BCUT2D eigenvalue weighted by molar-refractivity contribution is -0.111. The fourth-order valence-electron chi connectivity index (χ4n) is 2.70. The van der Waals surface area contributed by atoms with Crippen LogP contribution in [0.1, 0.15) is 32.1 Å². The molecule has 0 heterocycles. The zero-order chi connectivity index (χ0) is 16.9. The summed E-state index contributed by atoms with van der Waals surface area (Å²) in [5.74, 6) is -0.340. The van der Waals surface area contributed by atoms with Crippen molar-refractivity contribution in [3.05, 3.63) is 30.9 Å². The Morgan fingerprint density at radius 2 is 1.91 bits per heavy atom. The Labute approximate surface area is 137 Å². The number of anilines is 3. The predicted octanol–water partition coefficient (Wildman–Crippen LogP) is 2.93. The van der Waals surface area contributed by atoms with E-state index in [9.17, 15) is 13.2 Å². The highest BCUT2D eigenvalue weighted by atomic mass is 32.2. The van der Waals surface area contributed by atoms with Gasteiger partial charge in [-0.3, -0.25) is 9.52 Å². The summed E-state index contributed by atoms with van der Waals surface area (Å²) in [5.41, 5.74) is 1.72. The monoisotopic (exact) mass is 337 g/mol. The van der Waals surface area contributed by atoms with Crippen LogP contribution in [-0.4, -0.2) is 26.6 Å². The van der Waals surface area contributed by atoms with Crippen molar-refractivity contribution in [1.29, 1.82) is 0 Å². The molecule has 2 rings (SSSR count). The van der Waals surface area contributed by atoms with Gasteiger partial charge in [-0.05, 0) is 37.1 Å². The molecule has 1 fully saturated rings. The van der Waals surface area contributed by atoms with Crippen molar-refractivity contribution in [2.75, 3.05) is 21.6 Å². The molecule has 0 aromatic heterocycles. The van der Waals surface area contributed by atoms with E-state index in [-0.39, 0.29) is 5.91 Å². The average Bonchev–Trinajstić information content (AvgIpc) is 2.49. The molecule has 0 unspecified atom stereocenters. The molecule has 0 spiro atoms. The third kappa shape index (κ3) is 5.59. The van der Waals surface area contributed by atoms with Gasteiger partial charge < -0.3 is 10.6 Å². The molecule has 1 aliphatic rings. The topological polar surface area (TPSA) is 87.3 Å². The average molecular weight is 337 g/mol. The van der Waals surface area contributed by atoms with Crippen LogP contribution < -0.4 is 15.4 Å². The second kappa shape index (κ2) is 7.50. The molecule has 3 N–H and O–H groups in total. The van der Waals surface area contributed by atoms with Gasteiger partial charge in [-0.2, -0.15) is 0 Å². The number of sulfonamides is 1. The van der Waals surface area contributed by atoms with Crippen LogP contribution in [0.15, 0.2) is 30.9 Å². The SMILES string of the molecule is C=CC(=O)Nc1cc(NS(C)(=O)=O)ccc1NC1CCCCC1. The molecule has 0 atom stereocenters. The van der Waals surface area contributed by atoms with Gasteiger partial charge in [0.15, 0.2) is 0 Å². The largest absolute Gasteiger partial charge is 0.381 e. The standard InChI is InChI=1S/C16H23N3O3S/c1-3-16(20)18-15-11-13(19-23(2,21)22)9-10-14(15)17-12-7-5-4-6-8-12/h3,9-12,17,19H,1,4-8H2,2H3,(H,18,20). The van der Waals surface area contributed by atoms with Gasteiger partial charge in [0.1, 0.15) is 0 Å². The third-order valence-electron chi connectivity index (χ3n) is 3.73. The molecule has 7 heteroatoms. The van der Waals surface area contributed by atoms with E-state index in [2.05, 4.69) is 21.9 Å². The summed E-state index contributed by atoms with van der Waals surface area (Å²) in [4.78, 5) is 11.6. The van der Waals surface area contributed by atoms with E-state index in [1.54, 1.807) is 18.2 Å². The number of hydrogen-bond acceptors (Lipinski definition) is 4. The van der Waals surface area contributed by atoms with Gasteiger partial charge in [0, 0.05) is 6.04 Å². The van der Waals surface area contributed by atoms with Crippen molar-refractivity contribution in [2.24, 2.45) is 0 Å². The zero-order valence-electron chi connectivity index (χ0n) is 13.3. The van der Waals surface area contributed by atoms with Crippen molar-refractivity contribution in [2.45, 2.75) is 38.1 Å². The number of carbonyl (C=O) groups excluding carboxylic acids is 1. The second-order valence-corrected chi connectivity index (χ2v) is 7.56. The van der Waals surface area contributed by atoms with Crippen molar-refractivity contribution >= 4 is 33.0 Å². The zero-order valence-corrected chi connectivity index (χ0v) is 14.1. The molecule has 1 aliphatic carbocycles. The summed E-state index contributed by atoms with van der Waals surface area (Å²) < 4.78 is 25.1. The van der Waals surface area contributed by atoms with Crippen molar-refractivity contribution < 1.29 is 13.2 Å². The second-order valence-electron chi connectivity index (χ2n) is 5.81. The molecule has 0 aliphatic heterocycles. The van der Waals surface area contributed by atoms with Crippen molar-refractivity contribution in [3.63, 3.8) is 0 Å². The molecule has 1 aromatic carbocycles. The van der Waals surface area contributed by atoms with Gasteiger partial charge in [-0.1, -0.05) is 25.8 Å². The Balaban J connectivity index is 2.24. The molecule has 1 saturated carbocycles. The van der Waals surface area contributed by atoms with E-state index in [1.165, 1.54) is 25.3 Å². The Bertz CT molecular complexity index is 680. The number of benzene rings is 1. The van der Waals surface area contributed by atoms with Crippen molar-refractivity contribution in [3.8, 4) is 0 Å². The molecule has 0 bridgehead atoms. The maximum absolute atomic E-state index is 11.6. The minimum Gasteiger partial charge on any atom is -0.381 e. The highest BCUT2D eigenvalue weighted by Gasteiger charge is 2.16. The molecule has 126 valence electrons. The van der Waals surface area contributed by atoms with Gasteiger partial charge in [0.2, 0.25) is 15.9 Å². The summed E-state index contributed by atoms with van der Waals surface area (Å²) in [6.07, 6.45) is 8.11. The van der Waals surface area contributed by atoms with Crippen LogP contribution in [0.2, 0.25) is 0 Å². The molecule has 1 aromatic rings. The Morgan fingerprint density at radius 1 is 1.22 bits per heavy atom. The lowest BCUT2D eigenvalue weighted by Crippen LogP contribution is -2.23. The lowest BCUT2D eigenvalue weighted by Gasteiger charge is -2.25. The Kier molecular flexibility index (Phi) is 5.65. The quantitative estimate of drug-likeness (QED) is 0.697. The van der Waals surface area contributed by atoms with E-state index in [1.807, 2.05) is 0 Å². The Hall–Kier alpha value is -2.02. The fraction of sp³-hybridized carbons (Fsp3) is 0.438. The molecule has 0 radical (unpaired) electrons. The van der Waals surface area contributed by atoms with Crippen LogP contribution in [-0.2, 0) is 14.8 Å². The van der Waals surface area contributed by atoms with Gasteiger partial charge in [-0.15, -0.1) is 0 Å². The molecular weight excluding hydrogens is 314 g/mol. The summed E-state index contributed by atoms with van der Waals surface area (Å²) in [5, 5.41) is 6.16. The molecular formula is C16H23N3O3S. The van der Waals surface area contributed by atoms with Crippen LogP contribution in [0.3, 0.4) is 0 Å². The van der Waals surface area contributed by atoms with Crippen LogP contribution in [0.25, 0.3) is 0 Å².